The number of hydrogen-bond donors (Lipinski definition) is 6. The van der Waals surface area contributed by atoms with E-state index in [2.05, 4.69) is 10.6 Å². The van der Waals surface area contributed by atoms with Gasteiger partial charge in [-0.05, 0) is 51.6 Å². The van der Waals surface area contributed by atoms with Crippen LogP contribution in [0.15, 0.2) is 0 Å². The highest BCUT2D eigenvalue weighted by Gasteiger charge is 2.12. The number of carbonyl (C=O) groups is 2. The van der Waals surface area contributed by atoms with Crippen molar-refractivity contribution in [3.63, 3.8) is 0 Å². The summed E-state index contributed by atoms with van der Waals surface area (Å²) in [5.41, 5.74) is 22.3. The average Bonchev–Trinajstić information content (AvgIpc) is 2.59. The van der Waals surface area contributed by atoms with Crippen molar-refractivity contribution in [3.05, 3.63) is 0 Å². The van der Waals surface area contributed by atoms with Crippen LogP contribution in [0.5, 0.6) is 0 Å². The lowest BCUT2D eigenvalue weighted by Gasteiger charge is -2.12. The molecule has 142 valence electrons. The van der Waals surface area contributed by atoms with Crippen molar-refractivity contribution in [2.75, 3.05) is 26.2 Å². The van der Waals surface area contributed by atoms with Crippen LogP contribution in [0, 0.1) is 0 Å². The van der Waals surface area contributed by atoms with Gasteiger partial charge in [0.25, 0.3) is 0 Å². The zero-order valence-electron chi connectivity index (χ0n) is 14.8. The first kappa shape index (κ1) is 22.8. The number of nitrogens with two attached hydrogens (primary N) is 4. The first-order valence-corrected chi connectivity index (χ1v) is 8.99. The lowest BCUT2D eigenvalue weighted by atomic mass is 10.1. The number of carbonyl (C=O) groups excluding carboxylic acids is 2. The molecule has 8 nitrogen and oxygen atoms in total. The van der Waals surface area contributed by atoms with E-state index in [1.54, 1.807) is 0 Å². The molecule has 0 saturated heterocycles. The summed E-state index contributed by atoms with van der Waals surface area (Å²) in [6, 6.07) is -0.931. The molecule has 0 spiro atoms. The van der Waals surface area contributed by atoms with Crippen molar-refractivity contribution in [1.82, 2.24) is 10.6 Å². The summed E-state index contributed by atoms with van der Waals surface area (Å²) in [6.45, 7) is 2.36. The van der Waals surface area contributed by atoms with Crippen LogP contribution in [-0.4, -0.2) is 50.1 Å². The minimum absolute atomic E-state index is 0.109. The van der Waals surface area contributed by atoms with Crippen molar-refractivity contribution in [1.29, 1.82) is 0 Å². The van der Waals surface area contributed by atoms with Crippen molar-refractivity contribution in [2.24, 2.45) is 22.9 Å². The van der Waals surface area contributed by atoms with Crippen molar-refractivity contribution < 1.29 is 9.59 Å². The molecule has 0 rings (SSSR count). The van der Waals surface area contributed by atoms with Crippen LogP contribution >= 0.6 is 0 Å². The van der Waals surface area contributed by atoms with Gasteiger partial charge in [-0.2, -0.15) is 0 Å². The molecule has 24 heavy (non-hydrogen) atoms. The molecule has 0 bridgehead atoms. The molecular weight excluding hydrogens is 308 g/mol. The molecule has 0 aliphatic heterocycles. The molecule has 0 aromatic rings. The fraction of sp³-hybridized carbons (Fsp3) is 0.875. The smallest absolute Gasteiger partial charge is 0.236 e. The highest BCUT2D eigenvalue weighted by Crippen LogP contribution is 1.99. The second kappa shape index (κ2) is 15.3. The first-order valence-electron chi connectivity index (χ1n) is 8.99. The van der Waals surface area contributed by atoms with Gasteiger partial charge in [-0.1, -0.05) is 12.8 Å². The van der Waals surface area contributed by atoms with E-state index < -0.39 is 12.1 Å². The molecule has 0 aliphatic carbocycles. The molecule has 0 saturated carbocycles. The first-order chi connectivity index (χ1) is 11.5. The second-order valence-electron chi connectivity index (χ2n) is 6.07. The molecule has 0 aromatic heterocycles. The van der Waals surface area contributed by atoms with Crippen LogP contribution in [0.25, 0.3) is 0 Å². The monoisotopic (exact) mass is 344 g/mol. The number of hydrogen-bond acceptors (Lipinski definition) is 6. The number of nitrogens with one attached hydrogen (secondary N) is 2. The summed E-state index contributed by atoms with van der Waals surface area (Å²) >= 11 is 0. The quantitative estimate of drug-likeness (QED) is 0.207. The van der Waals surface area contributed by atoms with Crippen LogP contribution in [0.2, 0.25) is 0 Å². The molecule has 0 radical (unpaired) electrons. The van der Waals surface area contributed by atoms with Gasteiger partial charge in [-0.3, -0.25) is 9.59 Å². The third-order valence-corrected chi connectivity index (χ3v) is 3.81. The topological polar surface area (TPSA) is 162 Å². The van der Waals surface area contributed by atoms with E-state index in [0.717, 1.165) is 38.5 Å². The number of rotatable bonds is 15. The Balaban J connectivity index is 3.48. The van der Waals surface area contributed by atoms with Crippen molar-refractivity contribution in [2.45, 2.75) is 63.5 Å². The maximum atomic E-state index is 11.7. The molecule has 8 heteroatoms. The van der Waals surface area contributed by atoms with Gasteiger partial charge in [-0.15, -0.1) is 0 Å². The largest absolute Gasteiger partial charge is 0.355 e. The van der Waals surface area contributed by atoms with Gasteiger partial charge in [-0.25, -0.2) is 0 Å². The van der Waals surface area contributed by atoms with E-state index in [1.165, 1.54) is 0 Å². The predicted octanol–water partition coefficient (Wildman–Crippen LogP) is -1.09. The maximum absolute atomic E-state index is 11.7. The van der Waals surface area contributed by atoms with E-state index in [9.17, 15) is 9.59 Å². The molecule has 0 aromatic carbocycles. The van der Waals surface area contributed by atoms with Gasteiger partial charge < -0.3 is 33.6 Å². The maximum Gasteiger partial charge on any atom is 0.236 e. The van der Waals surface area contributed by atoms with Gasteiger partial charge >= 0.3 is 0 Å². The Hall–Kier alpha value is -1.22. The number of amides is 2. The minimum Gasteiger partial charge on any atom is -0.355 e. The van der Waals surface area contributed by atoms with Crippen LogP contribution in [-0.2, 0) is 9.59 Å². The zero-order valence-corrected chi connectivity index (χ0v) is 14.8. The summed E-state index contributed by atoms with van der Waals surface area (Å²) in [5.74, 6) is -0.218. The van der Waals surface area contributed by atoms with E-state index >= 15 is 0 Å². The summed E-state index contributed by atoms with van der Waals surface area (Å²) in [5, 5.41) is 5.67. The molecule has 10 N–H and O–H groups in total. The molecule has 2 atom stereocenters. The standard InChI is InChI=1S/C16H36N6O2/c17-9-5-7-13(19)15(23)21-11-3-1-2-4-12-22-16(24)14(20)8-6-10-18/h13-14H,1-12,17-20H2,(H,21,23)(H,22,24). The highest BCUT2D eigenvalue weighted by atomic mass is 16.2. The Morgan fingerprint density at radius 3 is 1.38 bits per heavy atom. The van der Waals surface area contributed by atoms with Crippen LogP contribution in [0.4, 0.5) is 0 Å². The second-order valence-corrected chi connectivity index (χ2v) is 6.07. The van der Waals surface area contributed by atoms with Crippen molar-refractivity contribution >= 4 is 11.8 Å². The van der Waals surface area contributed by atoms with Crippen molar-refractivity contribution in [3.8, 4) is 0 Å². The third kappa shape index (κ3) is 12.2. The predicted molar refractivity (Wildman–Crippen MR) is 97.0 cm³/mol. The minimum atomic E-state index is -0.466. The molecule has 0 aliphatic rings. The molecule has 0 fully saturated rings. The summed E-state index contributed by atoms with van der Waals surface area (Å²) in [4.78, 5) is 23.3. The Morgan fingerprint density at radius 1 is 0.667 bits per heavy atom. The van der Waals surface area contributed by atoms with Crippen LogP contribution in [0.1, 0.15) is 51.4 Å². The van der Waals surface area contributed by atoms with Gasteiger partial charge in [0.05, 0.1) is 12.1 Å². The summed E-state index contributed by atoms with van der Waals surface area (Å²) in [7, 11) is 0. The summed E-state index contributed by atoms with van der Waals surface area (Å²) in [6.07, 6.45) is 6.55. The van der Waals surface area contributed by atoms with E-state index in [4.69, 9.17) is 22.9 Å². The van der Waals surface area contributed by atoms with Gasteiger partial charge in [0.15, 0.2) is 0 Å². The van der Waals surface area contributed by atoms with Crippen LogP contribution in [0.3, 0.4) is 0 Å². The average molecular weight is 345 g/mol. The van der Waals surface area contributed by atoms with Gasteiger partial charge in [0.1, 0.15) is 0 Å². The number of unbranched alkanes of at least 4 members (excludes halogenated alkanes) is 3. The molecule has 0 heterocycles. The third-order valence-electron chi connectivity index (χ3n) is 3.81. The fourth-order valence-electron chi connectivity index (χ4n) is 2.23. The normalized spacial score (nSPS) is 13.3. The Kier molecular flexibility index (Phi) is 14.5. The van der Waals surface area contributed by atoms with Crippen LogP contribution < -0.4 is 33.6 Å². The zero-order chi connectivity index (χ0) is 18.2. The van der Waals surface area contributed by atoms with Gasteiger partial charge in [0.2, 0.25) is 11.8 Å². The Bertz CT molecular complexity index is 309. The lowest BCUT2D eigenvalue weighted by molar-refractivity contribution is -0.123. The van der Waals surface area contributed by atoms with E-state index in [0.29, 0.717) is 39.0 Å². The molecular formula is C16H36N6O2. The Labute approximate surface area is 145 Å². The van der Waals surface area contributed by atoms with E-state index in [1.807, 2.05) is 0 Å². The highest BCUT2D eigenvalue weighted by molar-refractivity contribution is 5.81. The lowest BCUT2D eigenvalue weighted by Crippen LogP contribution is -2.41. The molecule has 2 amide bonds. The van der Waals surface area contributed by atoms with E-state index in [-0.39, 0.29) is 11.8 Å². The SMILES string of the molecule is NCCCC(N)C(=O)NCCCCCCNC(=O)C(N)CCCN. The molecule has 2 unspecified atom stereocenters. The Morgan fingerprint density at radius 2 is 1.04 bits per heavy atom. The summed E-state index contributed by atoms with van der Waals surface area (Å²) < 4.78 is 0. The fourth-order valence-corrected chi connectivity index (χ4v) is 2.23. The van der Waals surface area contributed by atoms with Gasteiger partial charge in [0, 0.05) is 13.1 Å².